The van der Waals surface area contributed by atoms with Gasteiger partial charge in [-0.25, -0.2) is 0 Å². The fourth-order valence-corrected chi connectivity index (χ4v) is 2.43. The molecule has 1 aliphatic heterocycles. The number of carbonyl (C=O) groups is 1. The fraction of sp³-hybridized carbons (Fsp3) is 0.562. The number of hydrogen-bond acceptors (Lipinski definition) is 3. The first kappa shape index (κ1) is 14.9. The normalized spacial score (nSPS) is 15.5. The van der Waals surface area contributed by atoms with E-state index in [1.165, 1.54) is 11.1 Å². The highest BCUT2D eigenvalue weighted by Crippen LogP contribution is 2.23. The van der Waals surface area contributed by atoms with E-state index in [1.54, 1.807) is 4.90 Å². The van der Waals surface area contributed by atoms with E-state index in [-0.39, 0.29) is 12.5 Å². The van der Waals surface area contributed by atoms with Crippen LogP contribution in [-0.4, -0.2) is 43.7 Å². The first-order chi connectivity index (χ1) is 9.58. The zero-order valence-electron chi connectivity index (χ0n) is 12.5. The molecule has 0 aromatic heterocycles. The molecule has 0 aliphatic carbocycles. The summed E-state index contributed by atoms with van der Waals surface area (Å²) in [5.41, 5.74) is 2.52. The van der Waals surface area contributed by atoms with Crippen LogP contribution < -0.4 is 4.74 Å². The molecule has 4 nitrogen and oxygen atoms in total. The van der Waals surface area contributed by atoms with Gasteiger partial charge in [-0.1, -0.05) is 19.9 Å². The van der Waals surface area contributed by atoms with Crippen molar-refractivity contribution in [3.05, 3.63) is 29.3 Å². The molecule has 1 aromatic rings. The fourth-order valence-electron chi connectivity index (χ4n) is 2.43. The van der Waals surface area contributed by atoms with Crippen molar-refractivity contribution >= 4 is 5.91 Å². The van der Waals surface area contributed by atoms with E-state index in [0.717, 1.165) is 5.75 Å². The van der Waals surface area contributed by atoms with Crippen molar-refractivity contribution in [2.24, 2.45) is 0 Å². The second kappa shape index (κ2) is 6.75. The number of hydrogen-bond donors (Lipinski definition) is 0. The van der Waals surface area contributed by atoms with Gasteiger partial charge in [-0.2, -0.15) is 0 Å². The molecule has 0 spiro atoms. The van der Waals surface area contributed by atoms with Gasteiger partial charge in [-0.05, 0) is 36.1 Å². The minimum absolute atomic E-state index is 0.0267. The number of ether oxygens (including phenoxy) is 2. The number of benzene rings is 1. The Morgan fingerprint density at radius 2 is 2.05 bits per heavy atom. The van der Waals surface area contributed by atoms with Crippen LogP contribution >= 0.6 is 0 Å². The van der Waals surface area contributed by atoms with Gasteiger partial charge in [0.1, 0.15) is 5.75 Å². The lowest BCUT2D eigenvalue weighted by Crippen LogP contribution is -2.42. The Kier molecular flexibility index (Phi) is 5.01. The third-order valence-corrected chi connectivity index (χ3v) is 3.59. The standard InChI is InChI=1S/C16H23NO3/c1-12(2)15-5-4-14(10-13(15)3)20-11-16(18)17-6-8-19-9-7-17/h4-5,10,12H,6-9,11H2,1-3H3. The van der Waals surface area contributed by atoms with Gasteiger partial charge in [0.2, 0.25) is 0 Å². The van der Waals surface area contributed by atoms with Gasteiger partial charge in [-0.3, -0.25) is 4.79 Å². The van der Waals surface area contributed by atoms with Gasteiger partial charge in [-0.15, -0.1) is 0 Å². The van der Waals surface area contributed by atoms with E-state index in [1.807, 2.05) is 12.1 Å². The van der Waals surface area contributed by atoms with Crippen LogP contribution in [0.2, 0.25) is 0 Å². The van der Waals surface area contributed by atoms with Gasteiger partial charge in [0.15, 0.2) is 6.61 Å². The summed E-state index contributed by atoms with van der Waals surface area (Å²) in [5, 5.41) is 0. The average Bonchev–Trinajstić information content (AvgIpc) is 2.45. The molecular weight excluding hydrogens is 254 g/mol. The van der Waals surface area contributed by atoms with Gasteiger partial charge < -0.3 is 14.4 Å². The molecule has 0 unspecified atom stereocenters. The Labute approximate surface area is 120 Å². The lowest BCUT2D eigenvalue weighted by Gasteiger charge is -2.26. The van der Waals surface area contributed by atoms with Crippen LogP contribution in [-0.2, 0) is 9.53 Å². The second-order valence-electron chi connectivity index (χ2n) is 5.45. The Hall–Kier alpha value is -1.55. The van der Waals surface area contributed by atoms with Crippen LogP contribution in [0.1, 0.15) is 30.9 Å². The van der Waals surface area contributed by atoms with Crippen LogP contribution in [0, 0.1) is 6.92 Å². The molecule has 1 fully saturated rings. The van der Waals surface area contributed by atoms with E-state index in [9.17, 15) is 4.79 Å². The van der Waals surface area contributed by atoms with E-state index < -0.39 is 0 Å². The molecule has 1 heterocycles. The highest BCUT2D eigenvalue weighted by molar-refractivity contribution is 5.77. The molecule has 0 saturated carbocycles. The topological polar surface area (TPSA) is 38.8 Å². The highest BCUT2D eigenvalue weighted by atomic mass is 16.5. The average molecular weight is 277 g/mol. The maximum Gasteiger partial charge on any atom is 0.260 e. The summed E-state index contributed by atoms with van der Waals surface area (Å²) in [4.78, 5) is 13.8. The van der Waals surface area contributed by atoms with Crippen LogP contribution in [0.15, 0.2) is 18.2 Å². The van der Waals surface area contributed by atoms with Crippen molar-refractivity contribution in [3.63, 3.8) is 0 Å². The molecule has 1 saturated heterocycles. The molecule has 0 atom stereocenters. The van der Waals surface area contributed by atoms with Crippen LogP contribution in [0.3, 0.4) is 0 Å². The number of carbonyl (C=O) groups excluding carboxylic acids is 1. The third kappa shape index (κ3) is 3.73. The molecular formula is C16H23NO3. The lowest BCUT2D eigenvalue weighted by atomic mass is 9.98. The lowest BCUT2D eigenvalue weighted by molar-refractivity contribution is -0.137. The minimum atomic E-state index is 0.0267. The summed E-state index contributed by atoms with van der Waals surface area (Å²) in [6.07, 6.45) is 0. The van der Waals surface area contributed by atoms with Gasteiger partial charge in [0, 0.05) is 13.1 Å². The van der Waals surface area contributed by atoms with Gasteiger partial charge in [0.05, 0.1) is 13.2 Å². The summed E-state index contributed by atoms with van der Waals surface area (Å²) in [6.45, 7) is 9.07. The zero-order chi connectivity index (χ0) is 14.5. The SMILES string of the molecule is Cc1cc(OCC(=O)N2CCOCC2)ccc1C(C)C. The Balaban J connectivity index is 1.90. The Morgan fingerprint density at radius 3 is 2.65 bits per heavy atom. The quantitative estimate of drug-likeness (QED) is 0.848. The summed E-state index contributed by atoms with van der Waals surface area (Å²) in [7, 11) is 0. The number of morpholine rings is 1. The smallest absolute Gasteiger partial charge is 0.260 e. The highest BCUT2D eigenvalue weighted by Gasteiger charge is 2.17. The van der Waals surface area contributed by atoms with E-state index >= 15 is 0 Å². The molecule has 1 aromatic carbocycles. The summed E-state index contributed by atoms with van der Waals surface area (Å²) < 4.78 is 10.8. The molecule has 1 aliphatic rings. The molecule has 0 radical (unpaired) electrons. The Morgan fingerprint density at radius 1 is 1.35 bits per heavy atom. The molecule has 20 heavy (non-hydrogen) atoms. The van der Waals surface area contributed by atoms with E-state index in [4.69, 9.17) is 9.47 Å². The monoisotopic (exact) mass is 277 g/mol. The van der Waals surface area contributed by atoms with E-state index in [0.29, 0.717) is 32.2 Å². The maximum absolute atomic E-state index is 12.0. The van der Waals surface area contributed by atoms with Crippen molar-refractivity contribution < 1.29 is 14.3 Å². The predicted molar refractivity (Wildman–Crippen MR) is 78.2 cm³/mol. The first-order valence-electron chi connectivity index (χ1n) is 7.17. The molecule has 110 valence electrons. The molecule has 2 rings (SSSR count). The number of nitrogens with zero attached hydrogens (tertiary/aromatic N) is 1. The second-order valence-corrected chi connectivity index (χ2v) is 5.45. The predicted octanol–water partition coefficient (Wildman–Crippen LogP) is 2.36. The van der Waals surface area contributed by atoms with Crippen LogP contribution in [0.25, 0.3) is 0 Å². The minimum Gasteiger partial charge on any atom is -0.484 e. The molecule has 1 amide bonds. The number of amides is 1. The van der Waals surface area contributed by atoms with Crippen LogP contribution in [0.5, 0.6) is 5.75 Å². The van der Waals surface area contributed by atoms with Crippen molar-refractivity contribution in [2.75, 3.05) is 32.9 Å². The summed E-state index contributed by atoms with van der Waals surface area (Å²) in [6, 6.07) is 6.02. The Bertz CT molecular complexity index is 465. The van der Waals surface area contributed by atoms with Gasteiger partial charge in [0.25, 0.3) is 5.91 Å². The maximum atomic E-state index is 12.0. The third-order valence-electron chi connectivity index (χ3n) is 3.59. The molecule has 4 heteroatoms. The van der Waals surface area contributed by atoms with Crippen molar-refractivity contribution in [3.8, 4) is 5.75 Å². The molecule has 0 bridgehead atoms. The van der Waals surface area contributed by atoms with Gasteiger partial charge >= 0.3 is 0 Å². The largest absolute Gasteiger partial charge is 0.484 e. The van der Waals surface area contributed by atoms with Crippen LogP contribution in [0.4, 0.5) is 0 Å². The zero-order valence-corrected chi connectivity index (χ0v) is 12.5. The van der Waals surface area contributed by atoms with Crippen molar-refractivity contribution in [1.29, 1.82) is 0 Å². The summed E-state index contributed by atoms with van der Waals surface area (Å²) in [5.74, 6) is 1.28. The number of aryl methyl sites for hydroxylation is 1. The summed E-state index contributed by atoms with van der Waals surface area (Å²) >= 11 is 0. The van der Waals surface area contributed by atoms with Crippen molar-refractivity contribution in [1.82, 2.24) is 4.90 Å². The number of rotatable bonds is 4. The molecule has 0 N–H and O–H groups in total. The first-order valence-corrected chi connectivity index (χ1v) is 7.17. The van der Waals surface area contributed by atoms with E-state index in [2.05, 4.69) is 26.8 Å². The van der Waals surface area contributed by atoms with Crippen molar-refractivity contribution in [2.45, 2.75) is 26.7 Å².